The van der Waals surface area contributed by atoms with Gasteiger partial charge >= 0.3 is 0 Å². The van der Waals surface area contributed by atoms with Gasteiger partial charge in [0.1, 0.15) is 0 Å². The fraction of sp³-hybridized carbons (Fsp3) is 0.258. The van der Waals surface area contributed by atoms with Gasteiger partial charge in [-0.25, -0.2) is 0 Å². The molecule has 5 rings (SSSR count). The van der Waals surface area contributed by atoms with Crippen molar-refractivity contribution in [2.75, 3.05) is 11.4 Å². The molecule has 3 aromatic carbocycles. The van der Waals surface area contributed by atoms with E-state index in [-0.39, 0.29) is 29.4 Å². The number of allylic oxidation sites excluding steroid dienone is 3. The normalized spacial score (nSPS) is 16.1. The molecule has 0 atom stereocenters. The SMILES string of the molecule is CCN1C(=CC=Cc2cc[n+](C(C)C)c3ccccc23)C(C)(C)c2c1ccc1ccccc21.[I-]. The van der Waals surface area contributed by atoms with E-state index in [1.165, 1.54) is 44.2 Å². The van der Waals surface area contributed by atoms with Crippen molar-refractivity contribution in [1.82, 2.24) is 0 Å². The van der Waals surface area contributed by atoms with E-state index in [2.05, 4.69) is 135 Å². The van der Waals surface area contributed by atoms with Gasteiger partial charge < -0.3 is 28.9 Å². The molecule has 4 aromatic rings. The Morgan fingerprint density at radius 2 is 1.62 bits per heavy atom. The van der Waals surface area contributed by atoms with E-state index in [1.807, 2.05) is 0 Å². The second-order valence-electron chi connectivity index (χ2n) is 9.75. The Morgan fingerprint density at radius 3 is 2.35 bits per heavy atom. The van der Waals surface area contributed by atoms with Gasteiger partial charge in [0, 0.05) is 35.5 Å². The second kappa shape index (κ2) is 9.53. The van der Waals surface area contributed by atoms with Gasteiger partial charge in [0.25, 0.3) is 0 Å². The molecule has 0 bridgehead atoms. The lowest BCUT2D eigenvalue weighted by atomic mass is 9.81. The molecular formula is C31H33IN2. The summed E-state index contributed by atoms with van der Waals surface area (Å²) in [6, 6.07) is 24.7. The van der Waals surface area contributed by atoms with Crippen molar-refractivity contribution in [3.63, 3.8) is 0 Å². The molecule has 0 amide bonds. The Morgan fingerprint density at radius 1 is 0.912 bits per heavy atom. The van der Waals surface area contributed by atoms with Crippen molar-refractivity contribution in [2.45, 2.75) is 46.1 Å². The second-order valence-corrected chi connectivity index (χ2v) is 9.75. The summed E-state index contributed by atoms with van der Waals surface area (Å²) in [6.07, 6.45) is 9.01. The summed E-state index contributed by atoms with van der Waals surface area (Å²) in [6.45, 7) is 12.4. The van der Waals surface area contributed by atoms with Gasteiger partial charge in [0.05, 0.1) is 5.39 Å². The fourth-order valence-corrected chi connectivity index (χ4v) is 5.49. The average molecular weight is 561 g/mol. The number of hydrogen-bond donors (Lipinski definition) is 0. The van der Waals surface area contributed by atoms with Crippen molar-refractivity contribution >= 4 is 33.4 Å². The molecule has 2 nitrogen and oxygen atoms in total. The van der Waals surface area contributed by atoms with E-state index >= 15 is 0 Å². The van der Waals surface area contributed by atoms with Gasteiger partial charge in [0.15, 0.2) is 12.2 Å². The molecule has 34 heavy (non-hydrogen) atoms. The molecule has 0 unspecified atom stereocenters. The first kappa shape index (κ1) is 24.5. The molecule has 0 spiro atoms. The number of benzene rings is 3. The highest BCUT2D eigenvalue weighted by atomic mass is 127. The highest BCUT2D eigenvalue weighted by molar-refractivity contribution is 5.95. The predicted molar refractivity (Wildman–Crippen MR) is 142 cm³/mol. The highest BCUT2D eigenvalue weighted by Gasteiger charge is 2.40. The average Bonchev–Trinajstić information content (AvgIpc) is 3.05. The number of aromatic nitrogens is 1. The third-order valence-electron chi connectivity index (χ3n) is 7.06. The van der Waals surface area contributed by atoms with E-state index in [1.54, 1.807) is 0 Å². The standard InChI is InChI=1S/C31H33N2.HI/c1-6-32-28-19-18-23-12-7-8-15-26(23)30(28)31(4,5)29(32)17-11-13-24-20-21-33(22(2)3)27-16-10-9-14-25(24)27;/h7-22H,6H2,1-5H3;1H/q+1;/p-1. The first-order valence-corrected chi connectivity index (χ1v) is 12.0. The number of likely N-dealkylation sites (N-methyl/N-ethyl adjacent to an activating group) is 1. The lowest BCUT2D eigenvalue weighted by Crippen LogP contribution is -3.00. The van der Waals surface area contributed by atoms with Crippen LogP contribution in [0.5, 0.6) is 0 Å². The third-order valence-corrected chi connectivity index (χ3v) is 7.06. The third kappa shape index (κ3) is 3.94. The van der Waals surface area contributed by atoms with Crippen molar-refractivity contribution in [3.05, 3.63) is 102 Å². The lowest BCUT2D eigenvalue weighted by molar-refractivity contribution is -0.691. The monoisotopic (exact) mass is 560 g/mol. The van der Waals surface area contributed by atoms with Crippen molar-refractivity contribution in [2.24, 2.45) is 0 Å². The Hall–Kier alpha value is -2.66. The minimum Gasteiger partial charge on any atom is -1.00 e. The number of para-hydroxylation sites is 1. The topological polar surface area (TPSA) is 7.12 Å². The molecule has 1 aliphatic heterocycles. The summed E-state index contributed by atoms with van der Waals surface area (Å²) < 4.78 is 2.34. The van der Waals surface area contributed by atoms with E-state index in [4.69, 9.17) is 0 Å². The number of halogens is 1. The Labute approximate surface area is 220 Å². The van der Waals surface area contributed by atoms with Crippen LogP contribution in [0.4, 0.5) is 5.69 Å². The zero-order valence-corrected chi connectivity index (χ0v) is 22.9. The number of nitrogens with zero attached hydrogens (tertiary/aromatic N) is 2. The Bertz CT molecular complexity index is 1410. The van der Waals surface area contributed by atoms with Crippen LogP contribution in [0, 0.1) is 0 Å². The molecule has 3 heteroatoms. The van der Waals surface area contributed by atoms with E-state index in [0.717, 1.165) is 6.54 Å². The van der Waals surface area contributed by atoms with Crippen LogP contribution in [0.25, 0.3) is 27.8 Å². The summed E-state index contributed by atoms with van der Waals surface area (Å²) in [4.78, 5) is 2.47. The predicted octanol–water partition coefficient (Wildman–Crippen LogP) is 4.58. The Kier molecular flexibility index (Phi) is 6.86. The molecule has 0 radical (unpaired) electrons. The molecular weight excluding hydrogens is 527 g/mol. The smallest absolute Gasteiger partial charge is 0.213 e. The molecule has 0 aliphatic carbocycles. The molecule has 0 saturated carbocycles. The minimum atomic E-state index is -0.0596. The first-order valence-electron chi connectivity index (χ1n) is 12.0. The molecule has 0 fully saturated rings. The largest absolute Gasteiger partial charge is 1.00 e. The fourth-order valence-electron chi connectivity index (χ4n) is 5.49. The zero-order chi connectivity index (χ0) is 23.2. The quantitative estimate of drug-likeness (QED) is 0.262. The van der Waals surface area contributed by atoms with Gasteiger partial charge in [-0.05, 0) is 60.9 Å². The Balaban J connectivity index is 0.00000274. The maximum atomic E-state index is 2.47. The molecule has 0 N–H and O–H groups in total. The maximum absolute atomic E-state index is 2.47. The molecule has 1 aromatic heterocycles. The van der Waals surface area contributed by atoms with Crippen molar-refractivity contribution < 1.29 is 28.5 Å². The number of fused-ring (bicyclic) bond motifs is 4. The lowest BCUT2D eigenvalue weighted by Gasteiger charge is -2.26. The van der Waals surface area contributed by atoms with Crippen LogP contribution in [0.15, 0.2) is 90.8 Å². The van der Waals surface area contributed by atoms with Gasteiger partial charge in [-0.3, -0.25) is 0 Å². The van der Waals surface area contributed by atoms with Crippen LogP contribution >= 0.6 is 0 Å². The van der Waals surface area contributed by atoms with E-state index in [0.29, 0.717) is 6.04 Å². The van der Waals surface area contributed by atoms with Crippen LogP contribution in [0.2, 0.25) is 0 Å². The number of pyridine rings is 1. The van der Waals surface area contributed by atoms with E-state index in [9.17, 15) is 0 Å². The molecule has 0 saturated heterocycles. The number of hydrogen-bond acceptors (Lipinski definition) is 1. The summed E-state index contributed by atoms with van der Waals surface area (Å²) in [5.41, 5.74) is 6.59. The number of rotatable bonds is 4. The molecule has 174 valence electrons. The van der Waals surface area contributed by atoms with Crippen LogP contribution in [0.1, 0.15) is 51.8 Å². The highest BCUT2D eigenvalue weighted by Crippen LogP contribution is 2.50. The van der Waals surface area contributed by atoms with Gasteiger partial charge in [-0.2, -0.15) is 4.57 Å². The van der Waals surface area contributed by atoms with Crippen LogP contribution < -0.4 is 33.4 Å². The molecule has 1 aliphatic rings. The van der Waals surface area contributed by atoms with Crippen molar-refractivity contribution in [1.29, 1.82) is 0 Å². The summed E-state index contributed by atoms with van der Waals surface area (Å²) in [5, 5.41) is 3.96. The summed E-state index contributed by atoms with van der Waals surface area (Å²) >= 11 is 0. The summed E-state index contributed by atoms with van der Waals surface area (Å²) in [7, 11) is 0. The van der Waals surface area contributed by atoms with Crippen LogP contribution in [-0.4, -0.2) is 6.54 Å². The van der Waals surface area contributed by atoms with Crippen molar-refractivity contribution in [3.8, 4) is 0 Å². The number of anilines is 1. The minimum absolute atomic E-state index is 0. The molecule has 2 heterocycles. The van der Waals surface area contributed by atoms with Gasteiger partial charge in [-0.1, -0.05) is 68.5 Å². The van der Waals surface area contributed by atoms with Crippen LogP contribution in [-0.2, 0) is 5.41 Å². The van der Waals surface area contributed by atoms with E-state index < -0.39 is 0 Å². The zero-order valence-electron chi connectivity index (χ0n) is 20.7. The first-order chi connectivity index (χ1) is 15.9. The maximum Gasteiger partial charge on any atom is 0.213 e. The van der Waals surface area contributed by atoms with Gasteiger partial charge in [0.2, 0.25) is 5.52 Å². The van der Waals surface area contributed by atoms with Gasteiger partial charge in [-0.15, -0.1) is 0 Å². The van der Waals surface area contributed by atoms with Crippen LogP contribution in [0.3, 0.4) is 0 Å². The summed E-state index contributed by atoms with van der Waals surface area (Å²) in [5.74, 6) is 0.